The van der Waals surface area contributed by atoms with E-state index >= 15 is 0 Å². The quantitative estimate of drug-likeness (QED) is 0.874. The summed E-state index contributed by atoms with van der Waals surface area (Å²) < 4.78 is 12.9. The number of hydrogen-bond acceptors (Lipinski definition) is 4. The summed E-state index contributed by atoms with van der Waals surface area (Å²) in [6, 6.07) is 3.51. The number of carboxylic acid groups (broad SMARTS) is 1. The smallest absolute Gasteiger partial charge is 0.335 e. The van der Waals surface area contributed by atoms with Crippen LogP contribution in [-0.2, 0) is 0 Å². The summed E-state index contributed by atoms with van der Waals surface area (Å²) in [5.74, 6) is -2.33. The Kier molecular flexibility index (Phi) is 3.46. The first kappa shape index (κ1) is 12.6. The number of pyridine rings is 2. The van der Waals surface area contributed by atoms with Gasteiger partial charge in [0.25, 0.3) is 5.91 Å². The third-order valence-corrected chi connectivity index (χ3v) is 2.22. The van der Waals surface area contributed by atoms with Crippen LogP contribution in [0.2, 0.25) is 0 Å². The molecule has 0 fully saturated rings. The number of aromatic nitrogens is 2. The van der Waals surface area contributed by atoms with Crippen molar-refractivity contribution in [2.75, 3.05) is 5.32 Å². The van der Waals surface area contributed by atoms with Crippen LogP contribution in [0.25, 0.3) is 0 Å². The van der Waals surface area contributed by atoms with Crippen molar-refractivity contribution in [3.8, 4) is 0 Å². The predicted molar refractivity (Wildman–Crippen MR) is 63.3 cm³/mol. The average Bonchev–Trinajstić information content (AvgIpc) is 2.39. The highest BCUT2D eigenvalue weighted by molar-refractivity contribution is 6.04. The Hall–Kier alpha value is -2.83. The molecule has 2 aromatic rings. The van der Waals surface area contributed by atoms with E-state index in [2.05, 4.69) is 15.3 Å². The van der Waals surface area contributed by atoms with Crippen LogP contribution >= 0.6 is 0 Å². The van der Waals surface area contributed by atoms with Crippen molar-refractivity contribution in [3.63, 3.8) is 0 Å². The average molecular weight is 261 g/mol. The molecule has 0 spiro atoms. The molecule has 0 bridgehead atoms. The number of carbonyl (C=O) groups is 2. The first-order valence-corrected chi connectivity index (χ1v) is 5.17. The van der Waals surface area contributed by atoms with Crippen molar-refractivity contribution in [3.05, 3.63) is 53.7 Å². The maximum absolute atomic E-state index is 12.9. The minimum atomic E-state index is -1.13. The number of hydrogen-bond donors (Lipinski definition) is 2. The molecule has 0 aromatic carbocycles. The van der Waals surface area contributed by atoms with Gasteiger partial charge in [-0.05, 0) is 18.2 Å². The summed E-state index contributed by atoms with van der Waals surface area (Å²) in [5, 5.41) is 11.2. The third kappa shape index (κ3) is 3.09. The molecule has 19 heavy (non-hydrogen) atoms. The Morgan fingerprint density at radius 1 is 1.21 bits per heavy atom. The standard InChI is InChI=1S/C12H8FN3O3/c13-9-3-8(5-14-6-9)11(17)16-10-4-7(12(18)19)1-2-15-10/h1-6H,(H,18,19)(H,15,16,17). The van der Waals surface area contributed by atoms with Crippen LogP contribution in [0.15, 0.2) is 36.8 Å². The lowest BCUT2D eigenvalue weighted by molar-refractivity contribution is 0.0696. The van der Waals surface area contributed by atoms with E-state index in [-0.39, 0.29) is 16.9 Å². The van der Waals surface area contributed by atoms with Gasteiger partial charge >= 0.3 is 5.97 Å². The van der Waals surface area contributed by atoms with Crippen LogP contribution in [0.1, 0.15) is 20.7 Å². The molecule has 2 aromatic heterocycles. The van der Waals surface area contributed by atoms with Crippen LogP contribution in [0.3, 0.4) is 0 Å². The fourth-order valence-corrected chi connectivity index (χ4v) is 1.36. The molecular weight excluding hydrogens is 253 g/mol. The topological polar surface area (TPSA) is 92.2 Å². The lowest BCUT2D eigenvalue weighted by atomic mass is 10.2. The molecule has 0 saturated heterocycles. The molecule has 96 valence electrons. The van der Waals surface area contributed by atoms with Gasteiger partial charge in [-0.2, -0.15) is 0 Å². The summed E-state index contributed by atoms with van der Waals surface area (Å²) in [4.78, 5) is 29.8. The molecule has 0 atom stereocenters. The van der Waals surface area contributed by atoms with E-state index in [9.17, 15) is 14.0 Å². The predicted octanol–water partition coefficient (Wildman–Crippen LogP) is 1.57. The normalized spacial score (nSPS) is 9.95. The van der Waals surface area contributed by atoms with Crippen molar-refractivity contribution in [2.45, 2.75) is 0 Å². The Labute approximate surface area is 106 Å². The minimum Gasteiger partial charge on any atom is -0.478 e. The van der Waals surface area contributed by atoms with E-state index in [1.807, 2.05) is 0 Å². The molecule has 2 rings (SSSR count). The zero-order valence-corrected chi connectivity index (χ0v) is 9.50. The van der Waals surface area contributed by atoms with E-state index in [1.54, 1.807) is 0 Å². The SMILES string of the molecule is O=C(O)c1ccnc(NC(=O)c2cncc(F)c2)c1. The van der Waals surface area contributed by atoms with Crippen molar-refractivity contribution < 1.29 is 19.1 Å². The highest BCUT2D eigenvalue weighted by atomic mass is 19.1. The van der Waals surface area contributed by atoms with E-state index in [4.69, 9.17) is 5.11 Å². The van der Waals surface area contributed by atoms with Gasteiger partial charge in [-0.3, -0.25) is 9.78 Å². The van der Waals surface area contributed by atoms with E-state index in [0.717, 1.165) is 12.3 Å². The van der Waals surface area contributed by atoms with Crippen molar-refractivity contribution in [1.29, 1.82) is 0 Å². The number of carbonyl (C=O) groups excluding carboxylic acids is 1. The summed E-state index contributed by atoms with van der Waals surface area (Å²) in [6.07, 6.45) is 3.42. The number of carboxylic acids is 1. The Morgan fingerprint density at radius 3 is 2.68 bits per heavy atom. The van der Waals surface area contributed by atoms with E-state index in [1.165, 1.54) is 24.5 Å². The van der Waals surface area contributed by atoms with Crippen molar-refractivity contribution in [1.82, 2.24) is 9.97 Å². The summed E-state index contributed by atoms with van der Waals surface area (Å²) in [7, 11) is 0. The lowest BCUT2D eigenvalue weighted by Gasteiger charge is -2.04. The summed E-state index contributed by atoms with van der Waals surface area (Å²) in [6.45, 7) is 0. The second kappa shape index (κ2) is 5.21. The van der Waals surface area contributed by atoms with Crippen molar-refractivity contribution in [2.24, 2.45) is 0 Å². The molecule has 6 nitrogen and oxygen atoms in total. The van der Waals surface area contributed by atoms with Gasteiger partial charge in [-0.15, -0.1) is 0 Å². The highest BCUT2D eigenvalue weighted by Gasteiger charge is 2.10. The molecule has 7 heteroatoms. The van der Waals surface area contributed by atoms with Crippen LogP contribution in [0.4, 0.5) is 10.2 Å². The summed E-state index contributed by atoms with van der Waals surface area (Å²) in [5.41, 5.74) is 0.00481. The summed E-state index contributed by atoms with van der Waals surface area (Å²) >= 11 is 0. The Bertz CT molecular complexity index is 646. The van der Waals surface area contributed by atoms with Gasteiger partial charge in [0.05, 0.1) is 17.3 Å². The first-order chi connectivity index (χ1) is 9.06. The number of nitrogens with zero attached hydrogens (tertiary/aromatic N) is 2. The van der Waals surface area contributed by atoms with Gasteiger partial charge in [0.2, 0.25) is 0 Å². The van der Waals surface area contributed by atoms with Crippen LogP contribution in [-0.4, -0.2) is 27.0 Å². The minimum absolute atomic E-state index is 0.0114. The van der Waals surface area contributed by atoms with Gasteiger partial charge in [0, 0.05) is 12.4 Å². The fourth-order valence-electron chi connectivity index (χ4n) is 1.36. The molecule has 2 heterocycles. The van der Waals surface area contributed by atoms with E-state index in [0.29, 0.717) is 0 Å². The zero-order chi connectivity index (χ0) is 13.8. The molecule has 2 N–H and O–H groups in total. The largest absolute Gasteiger partial charge is 0.478 e. The van der Waals surface area contributed by atoms with Crippen LogP contribution in [0.5, 0.6) is 0 Å². The number of aromatic carboxylic acids is 1. The third-order valence-electron chi connectivity index (χ3n) is 2.22. The number of rotatable bonds is 3. The van der Waals surface area contributed by atoms with Gasteiger partial charge in [-0.25, -0.2) is 14.2 Å². The number of amides is 1. The maximum atomic E-state index is 12.9. The van der Waals surface area contributed by atoms with Gasteiger partial charge in [0.15, 0.2) is 0 Å². The van der Waals surface area contributed by atoms with Crippen LogP contribution < -0.4 is 5.32 Å². The molecule has 0 unspecified atom stereocenters. The van der Waals surface area contributed by atoms with Gasteiger partial charge in [0.1, 0.15) is 11.6 Å². The van der Waals surface area contributed by atoms with E-state index < -0.39 is 17.7 Å². The number of nitrogens with one attached hydrogen (secondary N) is 1. The second-order valence-corrected chi connectivity index (χ2v) is 3.58. The monoisotopic (exact) mass is 261 g/mol. The molecule has 0 aliphatic carbocycles. The number of anilines is 1. The Morgan fingerprint density at radius 2 is 2.00 bits per heavy atom. The van der Waals surface area contributed by atoms with Gasteiger partial charge in [-0.1, -0.05) is 0 Å². The van der Waals surface area contributed by atoms with Gasteiger partial charge < -0.3 is 10.4 Å². The molecule has 0 aliphatic heterocycles. The molecular formula is C12H8FN3O3. The maximum Gasteiger partial charge on any atom is 0.335 e. The molecule has 0 aliphatic rings. The molecule has 0 radical (unpaired) electrons. The molecule has 1 amide bonds. The Balaban J connectivity index is 2.19. The first-order valence-electron chi connectivity index (χ1n) is 5.17. The van der Waals surface area contributed by atoms with Crippen molar-refractivity contribution >= 4 is 17.7 Å². The van der Waals surface area contributed by atoms with Crippen LogP contribution in [0, 0.1) is 5.82 Å². The number of halogens is 1. The second-order valence-electron chi connectivity index (χ2n) is 3.58. The zero-order valence-electron chi connectivity index (χ0n) is 9.50. The molecule has 0 saturated carbocycles. The lowest BCUT2D eigenvalue weighted by Crippen LogP contribution is -2.14. The fraction of sp³-hybridized carbons (Fsp3) is 0. The highest BCUT2D eigenvalue weighted by Crippen LogP contribution is 2.09.